The summed E-state index contributed by atoms with van der Waals surface area (Å²) in [6, 6.07) is 68.1. The Labute approximate surface area is 398 Å². The van der Waals surface area contributed by atoms with Crippen molar-refractivity contribution in [2.45, 2.75) is 0 Å². The third-order valence-corrected chi connectivity index (χ3v) is 10.1. The molecule has 12 rings (SSSR count). The van der Waals surface area contributed by atoms with Gasteiger partial charge in [0, 0.05) is 18.1 Å². The normalized spacial score (nSPS) is 10.2. The number of hydrogen-bond acceptors (Lipinski definition) is 5. The van der Waals surface area contributed by atoms with E-state index in [9.17, 15) is 0 Å². The maximum atomic E-state index is 8.73. The van der Waals surface area contributed by atoms with E-state index in [0.29, 0.717) is 22.8 Å². The summed E-state index contributed by atoms with van der Waals surface area (Å²) >= 11 is 0. The van der Waals surface area contributed by atoms with Gasteiger partial charge in [0.1, 0.15) is 0 Å². The van der Waals surface area contributed by atoms with Crippen molar-refractivity contribution in [3.05, 3.63) is 224 Å². The predicted octanol–water partition coefficient (Wildman–Crippen LogP) is 12.5. The molecule has 0 saturated carbocycles. The molecule has 0 spiro atoms. The summed E-state index contributed by atoms with van der Waals surface area (Å²) in [7, 11) is 0. The zero-order valence-corrected chi connectivity index (χ0v) is 38.2. The molecule has 0 radical (unpaired) electrons. The van der Waals surface area contributed by atoms with Crippen molar-refractivity contribution < 1.29 is 42.1 Å². The van der Waals surface area contributed by atoms with E-state index in [-0.39, 0.29) is 42.1 Å². The van der Waals surface area contributed by atoms with E-state index in [0.717, 1.165) is 55.1 Å². The minimum atomic E-state index is 0. The van der Waals surface area contributed by atoms with Crippen LogP contribution >= 0.6 is 0 Å². The predicted molar refractivity (Wildman–Crippen MR) is 248 cm³/mol. The number of nitrogens with zero attached hydrogens (tertiary/aromatic N) is 8. The second kappa shape index (κ2) is 21.0. The van der Waals surface area contributed by atoms with Gasteiger partial charge in [0.15, 0.2) is 0 Å². The smallest absolute Gasteiger partial charge is 0.481 e. The van der Waals surface area contributed by atoms with Crippen LogP contribution in [0.1, 0.15) is 5.69 Å². The van der Waals surface area contributed by atoms with E-state index in [4.69, 9.17) is 11.8 Å². The average Bonchev–Trinajstić information content (AvgIpc) is 3.92. The molecule has 0 aliphatic heterocycles. The van der Waals surface area contributed by atoms with Crippen LogP contribution < -0.4 is 9.97 Å². The van der Waals surface area contributed by atoms with Gasteiger partial charge in [-0.3, -0.25) is 0 Å². The van der Waals surface area contributed by atoms with E-state index < -0.39 is 0 Å². The Morgan fingerprint density at radius 1 is 0.469 bits per heavy atom. The Hall–Kier alpha value is -7.60. The fraction of sp³-hybridized carbons (Fsp3) is 0. The van der Waals surface area contributed by atoms with Crippen LogP contribution in [0.5, 0.6) is 0 Å². The van der Waals surface area contributed by atoms with E-state index in [1.807, 2.05) is 152 Å². The standard InChI is InChI=1S/2C15H10N.2C12H6N3.2Pt/c2*1-2-8-13-12(6-1)7-5-9-14(13)15-10-3-4-11-16-15;1-13-11-7-6-9-8-4-2-3-5-10(8)14-12(9)15-11;13-7-8-5-6-10-9-3-1-2-4-11(9)15-12(10)14-8;;/h2*1-8,10-11H;2-7H;1-6H;;/q4*-1;2*+2. The van der Waals surface area contributed by atoms with Crippen LogP contribution in [-0.2, 0) is 42.1 Å². The molecule has 0 fully saturated rings. The number of para-hydroxylation sites is 2. The first-order valence-electron chi connectivity index (χ1n) is 19.7. The SMILES string of the molecule is N#Cc1ccc2c(n1)[n-]c1ccccc12.[C-]#[N+]c1ccc2c(n1)[n-]c1ccccc12.[Pt+2].[Pt+2].[c-]1ccc2ccccc2c1-c1ccccn1.[c-]1ccc2ccccc2c1-c1ccccn1. The quantitative estimate of drug-likeness (QED) is 0.159. The number of rotatable bonds is 2. The molecule has 0 atom stereocenters. The molecular weight excluding hydrogens is 1150 g/mol. The number of aromatic nitrogens is 6. The zero-order chi connectivity index (χ0) is 42.1. The molecule has 0 unspecified atom stereocenters. The molecule has 308 valence electrons. The van der Waals surface area contributed by atoms with Crippen LogP contribution in [0.2, 0.25) is 0 Å². The van der Waals surface area contributed by atoms with Gasteiger partial charge in [0.05, 0.1) is 11.9 Å². The monoisotopic (exact) mass is 1180 g/mol. The van der Waals surface area contributed by atoms with Gasteiger partial charge in [-0.2, -0.15) is 5.26 Å². The van der Waals surface area contributed by atoms with Crippen molar-refractivity contribution in [3.63, 3.8) is 0 Å². The van der Waals surface area contributed by atoms with Crippen molar-refractivity contribution in [1.82, 2.24) is 29.9 Å². The first kappa shape index (κ1) is 44.5. The third-order valence-electron chi connectivity index (χ3n) is 10.1. The second-order valence-corrected chi connectivity index (χ2v) is 13.9. The largest absolute Gasteiger partial charge is 2.00 e. The molecule has 6 aromatic heterocycles. The Bertz CT molecular complexity index is 3330. The second-order valence-electron chi connectivity index (χ2n) is 13.9. The van der Waals surface area contributed by atoms with Gasteiger partial charge in [0.25, 0.3) is 0 Å². The van der Waals surface area contributed by atoms with Crippen molar-refractivity contribution in [3.8, 4) is 28.6 Å². The van der Waals surface area contributed by atoms with Crippen LogP contribution in [0, 0.1) is 30.0 Å². The summed E-state index contributed by atoms with van der Waals surface area (Å²) in [4.78, 5) is 29.1. The Morgan fingerprint density at radius 3 is 1.41 bits per heavy atom. The Morgan fingerprint density at radius 2 is 0.922 bits per heavy atom. The number of fused-ring (bicyclic) bond motifs is 8. The number of hydrogen-bond donors (Lipinski definition) is 0. The summed E-state index contributed by atoms with van der Waals surface area (Å²) in [6.45, 7) is 6.89. The summed E-state index contributed by atoms with van der Waals surface area (Å²) in [5.41, 5.74) is 7.65. The van der Waals surface area contributed by atoms with Crippen molar-refractivity contribution in [1.29, 1.82) is 5.26 Å². The molecule has 8 nitrogen and oxygen atoms in total. The maximum Gasteiger partial charge on any atom is 2.00 e. The number of pyridine rings is 4. The molecule has 0 saturated heterocycles. The fourth-order valence-corrected chi connectivity index (χ4v) is 7.20. The maximum absolute atomic E-state index is 8.73. The van der Waals surface area contributed by atoms with Crippen molar-refractivity contribution >= 4 is 71.2 Å². The molecule has 6 heterocycles. The molecule has 12 aromatic rings. The summed E-state index contributed by atoms with van der Waals surface area (Å²) in [5, 5.41) is 17.8. The topological polar surface area (TPSA) is 108 Å². The van der Waals surface area contributed by atoms with E-state index in [1.54, 1.807) is 12.1 Å². The molecule has 0 N–H and O–H groups in total. The van der Waals surface area contributed by atoms with Gasteiger partial charge >= 0.3 is 42.1 Å². The fourth-order valence-electron chi connectivity index (χ4n) is 7.20. The van der Waals surface area contributed by atoms with Crippen LogP contribution in [0.15, 0.2) is 194 Å². The van der Waals surface area contributed by atoms with Gasteiger partial charge in [-0.25, -0.2) is 0 Å². The van der Waals surface area contributed by atoms with Crippen LogP contribution in [0.25, 0.3) is 92.8 Å². The van der Waals surface area contributed by atoms with Crippen LogP contribution in [-0.4, -0.2) is 19.9 Å². The summed E-state index contributed by atoms with van der Waals surface area (Å²) in [5.74, 6) is 0.394. The van der Waals surface area contributed by atoms with Gasteiger partial charge in [0.2, 0.25) is 0 Å². The molecule has 6 aromatic carbocycles. The van der Waals surface area contributed by atoms with Gasteiger partial charge in [-0.05, 0) is 67.8 Å². The van der Waals surface area contributed by atoms with Gasteiger partial charge < -0.3 is 34.7 Å². The molecule has 64 heavy (non-hydrogen) atoms. The molecule has 0 aliphatic carbocycles. The molecule has 0 amide bonds. The molecular formula is C54H32N8Pt2. The van der Waals surface area contributed by atoms with Crippen LogP contribution in [0.3, 0.4) is 0 Å². The van der Waals surface area contributed by atoms with E-state index >= 15 is 0 Å². The molecule has 0 bridgehead atoms. The average molecular weight is 1180 g/mol. The van der Waals surface area contributed by atoms with Crippen LogP contribution in [0.4, 0.5) is 5.82 Å². The van der Waals surface area contributed by atoms with E-state index in [1.165, 1.54) is 21.5 Å². The third kappa shape index (κ3) is 9.71. The van der Waals surface area contributed by atoms with Crippen molar-refractivity contribution in [2.75, 3.05) is 0 Å². The zero-order valence-electron chi connectivity index (χ0n) is 33.7. The van der Waals surface area contributed by atoms with E-state index in [2.05, 4.69) is 83.3 Å². The first-order chi connectivity index (χ1) is 30.7. The summed E-state index contributed by atoms with van der Waals surface area (Å²) in [6.07, 6.45) is 3.62. The minimum absolute atomic E-state index is 0. The number of nitriles is 1. The summed E-state index contributed by atoms with van der Waals surface area (Å²) < 4.78 is 0. The molecule has 10 heteroatoms. The van der Waals surface area contributed by atoms with Gasteiger partial charge in [-0.1, -0.05) is 163 Å². The molecule has 0 aliphatic rings. The Kier molecular flexibility index (Phi) is 14.6. The van der Waals surface area contributed by atoms with Gasteiger partial charge in [-0.15, -0.1) is 58.3 Å². The first-order valence-corrected chi connectivity index (χ1v) is 19.7. The van der Waals surface area contributed by atoms with Crippen molar-refractivity contribution in [2.24, 2.45) is 0 Å². The number of benzene rings is 6. The minimum Gasteiger partial charge on any atom is -0.481 e. The Balaban J connectivity index is 0.000000126.